The van der Waals surface area contributed by atoms with Gasteiger partial charge in [0.1, 0.15) is 11.5 Å². The van der Waals surface area contributed by atoms with Crippen LogP contribution in [0.4, 0.5) is 0 Å². The van der Waals surface area contributed by atoms with E-state index < -0.39 is 0 Å². The summed E-state index contributed by atoms with van der Waals surface area (Å²) < 4.78 is 16.8. The molecule has 140 valence electrons. The predicted molar refractivity (Wildman–Crippen MR) is 98.9 cm³/mol. The van der Waals surface area contributed by atoms with Crippen molar-refractivity contribution in [2.24, 2.45) is 0 Å². The van der Waals surface area contributed by atoms with Crippen LogP contribution in [-0.4, -0.2) is 41.3 Å². The maximum absolute atomic E-state index is 13.0. The number of para-hydroxylation sites is 1. The average molecular weight is 367 g/mol. The van der Waals surface area contributed by atoms with Gasteiger partial charge in [0.2, 0.25) is 0 Å². The van der Waals surface area contributed by atoms with Gasteiger partial charge in [-0.15, -0.1) is 0 Å². The van der Waals surface area contributed by atoms with Gasteiger partial charge in [-0.2, -0.15) is 5.10 Å². The molecule has 7 heteroatoms. The number of furan rings is 1. The number of amides is 1. The van der Waals surface area contributed by atoms with Crippen molar-refractivity contribution in [2.75, 3.05) is 20.3 Å². The summed E-state index contributed by atoms with van der Waals surface area (Å²) in [5.41, 5.74) is 1.97. The quantitative estimate of drug-likeness (QED) is 0.767. The molecule has 1 amide bonds. The summed E-state index contributed by atoms with van der Waals surface area (Å²) in [5.74, 6) is 2.72. The number of carbonyl (C=O) groups is 1. The van der Waals surface area contributed by atoms with E-state index in [1.165, 1.54) is 0 Å². The molecule has 3 heterocycles. The summed E-state index contributed by atoms with van der Waals surface area (Å²) in [6.07, 6.45) is 0.734. The number of rotatable bonds is 3. The van der Waals surface area contributed by atoms with E-state index in [0.717, 1.165) is 17.7 Å². The SMILES string of the molecule is COc1cccc2c1OCCCN(C(=O)c1cc(-c3ccc(C)o3)[nH]n1)C2. The van der Waals surface area contributed by atoms with Crippen LogP contribution in [0, 0.1) is 6.92 Å². The molecule has 27 heavy (non-hydrogen) atoms. The smallest absolute Gasteiger partial charge is 0.274 e. The van der Waals surface area contributed by atoms with Crippen LogP contribution in [0.3, 0.4) is 0 Å². The Kier molecular flexibility index (Phi) is 4.58. The van der Waals surface area contributed by atoms with Gasteiger partial charge in [-0.1, -0.05) is 12.1 Å². The predicted octanol–water partition coefficient (Wildman–Crippen LogP) is 3.41. The molecule has 1 aliphatic rings. The van der Waals surface area contributed by atoms with Gasteiger partial charge in [0, 0.05) is 24.7 Å². The molecular formula is C20H21N3O4. The van der Waals surface area contributed by atoms with Gasteiger partial charge in [-0.05, 0) is 31.5 Å². The highest BCUT2D eigenvalue weighted by Crippen LogP contribution is 2.33. The maximum Gasteiger partial charge on any atom is 0.274 e. The fraction of sp³-hybridized carbons (Fsp3) is 0.300. The minimum atomic E-state index is -0.128. The minimum Gasteiger partial charge on any atom is -0.493 e. The maximum atomic E-state index is 13.0. The van der Waals surface area contributed by atoms with Gasteiger partial charge >= 0.3 is 0 Å². The van der Waals surface area contributed by atoms with E-state index in [9.17, 15) is 4.79 Å². The van der Waals surface area contributed by atoms with Gasteiger partial charge < -0.3 is 18.8 Å². The Labute approximate surface area is 156 Å². The van der Waals surface area contributed by atoms with Crippen LogP contribution in [0.5, 0.6) is 11.5 Å². The minimum absolute atomic E-state index is 0.128. The van der Waals surface area contributed by atoms with Crippen LogP contribution in [-0.2, 0) is 6.54 Å². The zero-order valence-electron chi connectivity index (χ0n) is 15.3. The van der Waals surface area contributed by atoms with Crippen molar-refractivity contribution in [3.05, 3.63) is 53.4 Å². The molecular weight excluding hydrogens is 346 g/mol. The second kappa shape index (κ2) is 7.19. The first-order valence-electron chi connectivity index (χ1n) is 8.86. The number of carbonyl (C=O) groups excluding carboxylic acids is 1. The van der Waals surface area contributed by atoms with Gasteiger partial charge in [0.25, 0.3) is 5.91 Å². The number of ether oxygens (including phenoxy) is 2. The number of benzene rings is 1. The number of fused-ring (bicyclic) bond motifs is 1. The van der Waals surface area contributed by atoms with Crippen LogP contribution < -0.4 is 9.47 Å². The van der Waals surface area contributed by atoms with Crippen molar-refractivity contribution in [3.8, 4) is 23.0 Å². The number of nitrogens with one attached hydrogen (secondary N) is 1. The molecule has 1 N–H and O–H groups in total. The number of hydrogen-bond donors (Lipinski definition) is 1. The topological polar surface area (TPSA) is 80.6 Å². The van der Waals surface area contributed by atoms with Crippen molar-refractivity contribution in [1.82, 2.24) is 15.1 Å². The Morgan fingerprint density at radius 1 is 1.30 bits per heavy atom. The first kappa shape index (κ1) is 17.2. The summed E-state index contributed by atoms with van der Waals surface area (Å²) in [5, 5.41) is 7.07. The summed E-state index contributed by atoms with van der Waals surface area (Å²) in [7, 11) is 1.61. The van der Waals surface area contributed by atoms with Gasteiger partial charge in [0.15, 0.2) is 23.0 Å². The largest absolute Gasteiger partial charge is 0.493 e. The molecule has 2 aromatic heterocycles. The molecule has 0 radical (unpaired) electrons. The number of aromatic nitrogens is 2. The third kappa shape index (κ3) is 3.40. The van der Waals surface area contributed by atoms with Crippen LogP contribution >= 0.6 is 0 Å². The molecule has 0 atom stereocenters. The Morgan fingerprint density at radius 3 is 2.96 bits per heavy atom. The molecule has 0 fully saturated rings. The highest BCUT2D eigenvalue weighted by molar-refractivity contribution is 5.93. The Balaban J connectivity index is 1.59. The van der Waals surface area contributed by atoms with E-state index >= 15 is 0 Å². The lowest BCUT2D eigenvalue weighted by atomic mass is 10.1. The van der Waals surface area contributed by atoms with Crippen molar-refractivity contribution in [1.29, 1.82) is 0 Å². The van der Waals surface area contributed by atoms with Gasteiger partial charge in [-0.3, -0.25) is 9.89 Å². The fourth-order valence-electron chi connectivity index (χ4n) is 3.20. The number of H-pyrrole nitrogens is 1. The lowest BCUT2D eigenvalue weighted by Crippen LogP contribution is -2.34. The lowest BCUT2D eigenvalue weighted by Gasteiger charge is -2.26. The summed E-state index contributed by atoms with van der Waals surface area (Å²) in [6.45, 7) is 3.43. The van der Waals surface area contributed by atoms with Crippen molar-refractivity contribution in [3.63, 3.8) is 0 Å². The van der Waals surface area contributed by atoms with E-state index in [-0.39, 0.29) is 5.91 Å². The molecule has 0 aliphatic carbocycles. The summed E-state index contributed by atoms with van der Waals surface area (Å²) >= 11 is 0. The van der Waals surface area contributed by atoms with Crippen LogP contribution in [0.15, 0.2) is 40.8 Å². The fourth-order valence-corrected chi connectivity index (χ4v) is 3.20. The van der Waals surface area contributed by atoms with Gasteiger partial charge in [0.05, 0.1) is 13.7 Å². The molecule has 4 rings (SSSR count). The van der Waals surface area contributed by atoms with E-state index in [1.807, 2.05) is 37.3 Å². The molecule has 7 nitrogen and oxygen atoms in total. The number of hydrogen-bond acceptors (Lipinski definition) is 5. The van der Waals surface area contributed by atoms with E-state index in [2.05, 4.69) is 10.2 Å². The second-order valence-electron chi connectivity index (χ2n) is 6.45. The highest BCUT2D eigenvalue weighted by Gasteiger charge is 2.24. The second-order valence-corrected chi connectivity index (χ2v) is 6.45. The number of aromatic amines is 1. The third-order valence-electron chi connectivity index (χ3n) is 4.55. The number of aryl methyl sites for hydroxylation is 1. The number of methoxy groups -OCH3 is 1. The van der Waals surface area contributed by atoms with Crippen molar-refractivity contribution >= 4 is 5.91 Å². The Morgan fingerprint density at radius 2 is 2.19 bits per heavy atom. The monoisotopic (exact) mass is 367 g/mol. The molecule has 0 bridgehead atoms. The van der Waals surface area contributed by atoms with E-state index in [4.69, 9.17) is 13.9 Å². The molecule has 1 aromatic carbocycles. The normalized spacial score (nSPS) is 14.1. The summed E-state index contributed by atoms with van der Waals surface area (Å²) in [6, 6.07) is 11.2. The average Bonchev–Trinajstić information content (AvgIpc) is 3.30. The van der Waals surface area contributed by atoms with Crippen molar-refractivity contribution < 1.29 is 18.7 Å². The van der Waals surface area contributed by atoms with Crippen LogP contribution in [0.2, 0.25) is 0 Å². The Bertz CT molecular complexity index is 960. The standard InChI is InChI=1S/C20H21N3O4/c1-13-7-8-17(27-13)15-11-16(22-21-15)20(24)23-9-4-10-26-19-14(12-23)5-3-6-18(19)25-2/h3,5-8,11H,4,9-10,12H2,1-2H3,(H,21,22). The molecule has 0 saturated heterocycles. The first-order chi connectivity index (χ1) is 13.2. The van der Waals surface area contributed by atoms with E-state index in [0.29, 0.717) is 48.3 Å². The molecule has 0 unspecified atom stereocenters. The zero-order valence-corrected chi connectivity index (χ0v) is 15.3. The zero-order chi connectivity index (χ0) is 18.8. The van der Waals surface area contributed by atoms with Crippen LogP contribution in [0.25, 0.3) is 11.5 Å². The molecule has 3 aromatic rings. The van der Waals surface area contributed by atoms with Gasteiger partial charge in [-0.25, -0.2) is 0 Å². The van der Waals surface area contributed by atoms with Crippen LogP contribution in [0.1, 0.15) is 28.2 Å². The molecule has 0 saturated carbocycles. The Hall–Kier alpha value is -3.22. The molecule has 0 spiro atoms. The first-order valence-corrected chi connectivity index (χ1v) is 8.86. The highest BCUT2D eigenvalue weighted by atomic mass is 16.5. The lowest BCUT2D eigenvalue weighted by molar-refractivity contribution is 0.0715. The molecule has 1 aliphatic heterocycles. The third-order valence-corrected chi connectivity index (χ3v) is 4.55. The van der Waals surface area contributed by atoms with Crippen molar-refractivity contribution in [2.45, 2.75) is 19.9 Å². The van der Waals surface area contributed by atoms with E-state index in [1.54, 1.807) is 18.1 Å². The number of nitrogens with zero attached hydrogens (tertiary/aromatic N) is 2. The summed E-state index contributed by atoms with van der Waals surface area (Å²) in [4.78, 5) is 14.8.